The number of carboxylic acid groups (broad SMARTS) is 1. The van der Waals surface area contributed by atoms with Crippen LogP contribution in [0.15, 0.2) is 54.7 Å². The number of rotatable bonds is 5. The quantitative estimate of drug-likeness (QED) is 0.860. The Bertz CT molecular complexity index is 543. The lowest BCUT2D eigenvalue weighted by Gasteiger charge is -2.25. The molecule has 1 heterocycles. The zero-order chi connectivity index (χ0) is 13.7. The Labute approximate surface area is 112 Å². The molecule has 0 aliphatic rings. The molecule has 0 aliphatic carbocycles. The maximum atomic E-state index is 11.5. The minimum atomic E-state index is -1.20. The predicted molar refractivity (Wildman–Crippen MR) is 72.5 cm³/mol. The first kappa shape index (κ1) is 13.2. The van der Waals surface area contributed by atoms with Crippen LogP contribution < -0.4 is 5.32 Å². The minimum absolute atomic E-state index is 0.472. The standard InChI is InChI=1S/C15H16N2O2/c1-15(14(18)19,13-9-5-6-10-16-13)17-11-12-7-3-2-4-8-12/h2-10,17H,11H2,1H3,(H,18,19). The first-order valence-corrected chi connectivity index (χ1v) is 6.07. The van der Waals surface area contributed by atoms with E-state index in [-0.39, 0.29) is 0 Å². The van der Waals surface area contributed by atoms with Gasteiger partial charge in [0.2, 0.25) is 0 Å². The van der Waals surface area contributed by atoms with Crippen LogP contribution in [0.3, 0.4) is 0 Å². The van der Waals surface area contributed by atoms with Gasteiger partial charge >= 0.3 is 5.97 Å². The molecule has 2 rings (SSSR count). The Morgan fingerprint density at radius 1 is 1.21 bits per heavy atom. The molecule has 1 unspecified atom stereocenters. The summed E-state index contributed by atoms with van der Waals surface area (Å²) in [5.74, 6) is -0.942. The van der Waals surface area contributed by atoms with Gasteiger partial charge in [-0.3, -0.25) is 10.3 Å². The number of aromatic nitrogens is 1. The van der Waals surface area contributed by atoms with Gasteiger partial charge in [-0.25, -0.2) is 4.79 Å². The van der Waals surface area contributed by atoms with Gasteiger partial charge in [0.1, 0.15) is 0 Å². The fraction of sp³-hybridized carbons (Fsp3) is 0.200. The molecule has 1 aromatic carbocycles. The Balaban J connectivity index is 2.19. The molecule has 0 bridgehead atoms. The summed E-state index contributed by atoms with van der Waals surface area (Å²) in [5, 5.41) is 12.5. The molecule has 0 spiro atoms. The number of nitrogens with one attached hydrogen (secondary N) is 1. The third-order valence-corrected chi connectivity index (χ3v) is 3.09. The van der Waals surface area contributed by atoms with Crippen LogP contribution in [0.1, 0.15) is 18.2 Å². The van der Waals surface area contributed by atoms with Gasteiger partial charge < -0.3 is 5.11 Å². The average molecular weight is 256 g/mol. The van der Waals surface area contributed by atoms with Crippen LogP contribution >= 0.6 is 0 Å². The summed E-state index contributed by atoms with van der Waals surface area (Å²) in [6.07, 6.45) is 1.60. The van der Waals surface area contributed by atoms with Crippen molar-refractivity contribution < 1.29 is 9.90 Å². The molecule has 2 N–H and O–H groups in total. The van der Waals surface area contributed by atoms with Gasteiger partial charge in [-0.2, -0.15) is 0 Å². The number of nitrogens with zero attached hydrogens (tertiary/aromatic N) is 1. The fourth-order valence-corrected chi connectivity index (χ4v) is 1.81. The van der Waals surface area contributed by atoms with Gasteiger partial charge in [0, 0.05) is 12.7 Å². The molecule has 1 aromatic heterocycles. The number of hydrogen-bond acceptors (Lipinski definition) is 3. The van der Waals surface area contributed by atoms with E-state index in [9.17, 15) is 9.90 Å². The Morgan fingerprint density at radius 3 is 2.47 bits per heavy atom. The molecular weight excluding hydrogens is 240 g/mol. The van der Waals surface area contributed by atoms with Crippen LogP contribution in [0.4, 0.5) is 0 Å². The first-order valence-electron chi connectivity index (χ1n) is 6.07. The summed E-state index contributed by atoms with van der Waals surface area (Å²) < 4.78 is 0. The first-order chi connectivity index (χ1) is 9.13. The summed E-state index contributed by atoms with van der Waals surface area (Å²) in [7, 11) is 0. The SMILES string of the molecule is CC(NCc1ccccc1)(C(=O)O)c1ccccn1. The lowest BCUT2D eigenvalue weighted by Crippen LogP contribution is -2.46. The van der Waals surface area contributed by atoms with Crippen LogP contribution in [0, 0.1) is 0 Å². The minimum Gasteiger partial charge on any atom is -0.480 e. The number of carbonyl (C=O) groups is 1. The Hall–Kier alpha value is -2.20. The number of hydrogen-bond donors (Lipinski definition) is 2. The maximum Gasteiger partial charge on any atom is 0.329 e. The van der Waals surface area contributed by atoms with E-state index < -0.39 is 11.5 Å². The summed E-state index contributed by atoms with van der Waals surface area (Å²) in [6.45, 7) is 2.10. The summed E-state index contributed by atoms with van der Waals surface area (Å²) in [4.78, 5) is 15.7. The van der Waals surface area contributed by atoms with Crippen molar-refractivity contribution in [2.75, 3.05) is 0 Å². The molecule has 0 saturated heterocycles. The zero-order valence-electron chi connectivity index (χ0n) is 10.7. The highest BCUT2D eigenvalue weighted by molar-refractivity contribution is 5.79. The molecule has 98 valence electrons. The van der Waals surface area contributed by atoms with Crippen LogP contribution in [-0.2, 0) is 16.9 Å². The highest BCUT2D eigenvalue weighted by Gasteiger charge is 2.35. The van der Waals surface area contributed by atoms with Gasteiger partial charge in [0.15, 0.2) is 5.54 Å². The van der Waals surface area contributed by atoms with E-state index >= 15 is 0 Å². The Morgan fingerprint density at radius 2 is 1.89 bits per heavy atom. The largest absolute Gasteiger partial charge is 0.480 e. The van der Waals surface area contributed by atoms with E-state index in [1.165, 1.54) is 0 Å². The lowest BCUT2D eigenvalue weighted by molar-refractivity contribution is -0.144. The molecule has 0 amide bonds. The molecular formula is C15H16N2O2. The Kier molecular flexibility index (Phi) is 3.92. The highest BCUT2D eigenvalue weighted by Crippen LogP contribution is 2.19. The smallest absolute Gasteiger partial charge is 0.329 e. The third-order valence-electron chi connectivity index (χ3n) is 3.09. The molecule has 2 aromatic rings. The van der Waals surface area contributed by atoms with Crippen molar-refractivity contribution in [3.05, 3.63) is 66.0 Å². The van der Waals surface area contributed by atoms with E-state index in [1.807, 2.05) is 30.3 Å². The number of carboxylic acids is 1. The fourth-order valence-electron chi connectivity index (χ4n) is 1.81. The van der Waals surface area contributed by atoms with E-state index in [1.54, 1.807) is 31.3 Å². The number of pyridine rings is 1. The van der Waals surface area contributed by atoms with Gasteiger partial charge in [0.05, 0.1) is 5.69 Å². The highest BCUT2D eigenvalue weighted by atomic mass is 16.4. The van der Waals surface area contributed by atoms with E-state index in [4.69, 9.17) is 0 Å². The molecule has 0 fully saturated rings. The predicted octanol–water partition coefficient (Wildman–Crippen LogP) is 2.17. The molecule has 0 saturated carbocycles. The van der Waals surface area contributed by atoms with Gasteiger partial charge in [-0.1, -0.05) is 36.4 Å². The summed E-state index contributed by atoms with van der Waals surface area (Å²) in [6, 6.07) is 15.0. The van der Waals surface area contributed by atoms with Crippen LogP contribution in [0.2, 0.25) is 0 Å². The molecule has 4 heteroatoms. The van der Waals surface area contributed by atoms with Crippen molar-refractivity contribution in [2.45, 2.75) is 19.0 Å². The number of benzene rings is 1. The van der Waals surface area contributed by atoms with Crippen LogP contribution in [0.25, 0.3) is 0 Å². The van der Waals surface area contributed by atoms with Crippen molar-refractivity contribution in [2.24, 2.45) is 0 Å². The van der Waals surface area contributed by atoms with Crippen molar-refractivity contribution in [3.63, 3.8) is 0 Å². The topological polar surface area (TPSA) is 62.2 Å². The maximum absolute atomic E-state index is 11.5. The van der Waals surface area contributed by atoms with Crippen molar-refractivity contribution >= 4 is 5.97 Å². The van der Waals surface area contributed by atoms with Crippen molar-refractivity contribution in [1.29, 1.82) is 0 Å². The molecule has 0 aliphatic heterocycles. The zero-order valence-corrected chi connectivity index (χ0v) is 10.7. The molecule has 4 nitrogen and oxygen atoms in total. The average Bonchev–Trinajstić information content (AvgIpc) is 2.46. The monoisotopic (exact) mass is 256 g/mol. The second kappa shape index (κ2) is 5.63. The van der Waals surface area contributed by atoms with Crippen LogP contribution in [-0.4, -0.2) is 16.1 Å². The molecule has 19 heavy (non-hydrogen) atoms. The van der Waals surface area contributed by atoms with E-state index in [0.29, 0.717) is 12.2 Å². The van der Waals surface area contributed by atoms with Gasteiger partial charge in [-0.15, -0.1) is 0 Å². The van der Waals surface area contributed by atoms with E-state index in [2.05, 4.69) is 10.3 Å². The molecule has 0 radical (unpaired) electrons. The normalized spacial score (nSPS) is 13.7. The summed E-state index contributed by atoms with van der Waals surface area (Å²) in [5.41, 5.74) is 0.334. The van der Waals surface area contributed by atoms with E-state index in [0.717, 1.165) is 5.56 Å². The third kappa shape index (κ3) is 2.98. The second-order valence-electron chi connectivity index (χ2n) is 4.48. The lowest BCUT2D eigenvalue weighted by atomic mass is 9.96. The van der Waals surface area contributed by atoms with Crippen molar-refractivity contribution in [3.8, 4) is 0 Å². The second-order valence-corrected chi connectivity index (χ2v) is 4.48. The van der Waals surface area contributed by atoms with Gasteiger partial charge in [0.25, 0.3) is 0 Å². The van der Waals surface area contributed by atoms with Crippen molar-refractivity contribution in [1.82, 2.24) is 10.3 Å². The molecule has 1 atom stereocenters. The van der Waals surface area contributed by atoms with Gasteiger partial charge in [-0.05, 0) is 24.6 Å². The van der Waals surface area contributed by atoms with Crippen LogP contribution in [0.5, 0.6) is 0 Å². The summed E-state index contributed by atoms with van der Waals surface area (Å²) >= 11 is 0. The number of aliphatic carboxylic acids is 1.